The highest BCUT2D eigenvalue weighted by Gasteiger charge is 2.25. The molecule has 0 unspecified atom stereocenters. The minimum Gasteiger partial charge on any atom is -0.450 e. The molecule has 0 radical (unpaired) electrons. The van der Waals surface area contributed by atoms with Crippen molar-refractivity contribution in [3.8, 4) is 0 Å². The molecule has 1 aliphatic rings. The van der Waals surface area contributed by atoms with Crippen LogP contribution in [-0.4, -0.2) is 59.2 Å². The summed E-state index contributed by atoms with van der Waals surface area (Å²) in [5.74, 6) is 0.334. The molecule has 1 aliphatic heterocycles. The molecule has 1 saturated heterocycles. The number of likely N-dealkylation sites (tertiary alicyclic amines) is 1. The fourth-order valence-electron chi connectivity index (χ4n) is 2.44. The first-order valence-electron chi connectivity index (χ1n) is 8.03. The van der Waals surface area contributed by atoms with Gasteiger partial charge < -0.3 is 20.3 Å². The highest BCUT2D eigenvalue weighted by molar-refractivity contribution is 5.93. The standard InChI is InChI=1S/C16H23N5O3/c1-3-7-17-14-10-13(18-11-19-14)15(22)20-12-5-8-21(9-6-12)16(23)24-4-2/h3,10-12H,1,4-9H2,2H3,(H,20,22)(H,17,18,19). The number of anilines is 1. The molecule has 1 aromatic heterocycles. The maximum atomic E-state index is 12.3. The van der Waals surface area contributed by atoms with Crippen molar-refractivity contribution >= 4 is 17.8 Å². The molecule has 2 amide bonds. The number of nitrogens with one attached hydrogen (secondary N) is 2. The zero-order chi connectivity index (χ0) is 17.4. The number of hydrogen-bond acceptors (Lipinski definition) is 6. The van der Waals surface area contributed by atoms with Gasteiger partial charge in [-0.25, -0.2) is 14.8 Å². The maximum absolute atomic E-state index is 12.3. The van der Waals surface area contributed by atoms with Crippen LogP contribution in [0.25, 0.3) is 0 Å². The highest BCUT2D eigenvalue weighted by atomic mass is 16.6. The minimum absolute atomic E-state index is 0.0164. The average Bonchev–Trinajstić information content (AvgIpc) is 2.61. The lowest BCUT2D eigenvalue weighted by Gasteiger charge is -2.31. The van der Waals surface area contributed by atoms with E-state index in [0.717, 1.165) is 0 Å². The van der Waals surface area contributed by atoms with Gasteiger partial charge in [0, 0.05) is 31.7 Å². The van der Waals surface area contributed by atoms with E-state index in [4.69, 9.17) is 4.74 Å². The first-order valence-corrected chi connectivity index (χ1v) is 8.03. The van der Waals surface area contributed by atoms with Crippen LogP contribution in [0.3, 0.4) is 0 Å². The van der Waals surface area contributed by atoms with Crippen LogP contribution in [-0.2, 0) is 4.74 Å². The van der Waals surface area contributed by atoms with Crippen molar-refractivity contribution in [1.82, 2.24) is 20.2 Å². The first kappa shape index (κ1) is 17.7. The second kappa shape index (κ2) is 8.85. The second-order valence-electron chi connectivity index (χ2n) is 5.39. The molecule has 0 aromatic carbocycles. The largest absolute Gasteiger partial charge is 0.450 e. The predicted octanol–water partition coefficient (Wildman–Crippen LogP) is 1.43. The van der Waals surface area contributed by atoms with Gasteiger partial charge in [-0.15, -0.1) is 6.58 Å². The Morgan fingerprint density at radius 1 is 1.42 bits per heavy atom. The molecule has 1 fully saturated rings. The van der Waals surface area contributed by atoms with Crippen molar-refractivity contribution in [2.75, 3.05) is 31.6 Å². The summed E-state index contributed by atoms with van der Waals surface area (Å²) in [6.07, 6.45) is 4.15. The fraction of sp³-hybridized carbons (Fsp3) is 0.500. The van der Waals surface area contributed by atoms with Crippen molar-refractivity contribution in [3.63, 3.8) is 0 Å². The molecule has 130 valence electrons. The molecule has 8 nitrogen and oxygen atoms in total. The Kier molecular flexibility index (Phi) is 6.53. The number of piperidine rings is 1. The zero-order valence-electron chi connectivity index (χ0n) is 13.8. The summed E-state index contributed by atoms with van der Waals surface area (Å²) in [7, 11) is 0. The van der Waals surface area contributed by atoms with Gasteiger partial charge in [0.1, 0.15) is 17.8 Å². The number of amides is 2. The van der Waals surface area contributed by atoms with E-state index in [9.17, 15) is 9.59 Å². The van der Waals surface area contributed by atoms with Gasteiger partial charge in [0.15, 0.2) is 0 Å². The third-order valence-corrected chi connectivity index (χ3v) is 3.68. The van der Waals surface area contributed by atoms with E-state index in [1.807, 2.05) is 0 Å². The number of nitrogens with zero attached hydrogens (tertiary/aromatic N) is 3. The molecule has 0 atom stereocenters. The molecule has 0 spiro atoms. The number of hydrogen-bond donors (Lipinski definition) is 2. The number of aromatic nitrogens is 2. The van der Waals surface area contributed by atoms with Crippen LogP contribution in [0, 0.1) is 0 Å². The number of carbonyl (C=O) groups is 2. The molecule has 24 heavy (non-hydrogen) atoms. The van der Waals surface area contributed by atoms with E-state index in [1.165, 1.54) is 6.33 Å². The summed E-state index contributed by atoms with van der Waals surface area (Å²) in [5.41, 5.74) is 0.310. The normalized spacial score (nSPS) is 14.8. The van der Waals surface area contributed by atoms with Crippen molar-refractivity contribution < 1.29 is 14.3 Å². The lowest BCUT2D eigenvalue weighted by Crippen LogP contribution is -2.46. The summed E-state index contributed by atoms with van der Waals surface area (Å²) in [6.45, 7) is 7.47. The molecule has 0 bridgehead atoms. The summed E-state index contributed by atoms with van der Waals surface area (Å²) in [5, 5.41) is 5.97. The van der Waals surface area contributed by atoms with Crippen LogP contribution in [0.4, 0.5) is 10.6 Å². The van der Waals surface area contributed by atoms with Gasteiger partial charge in [0.05, 0.1) is 6.61 Å². The number of carbonyl (C=O) groups excluding carboxylic acids is 2. The lowest BCUT2D eigenvalue weighted by molar-refractivity contribution is 0.0856. The van der Waals surface area contributed by atoms with Crippen molar-refractivity contribution in [2.45, 2.75) is 25.8 Å². The van der Waals surface area contributed by atoms with Gasteiger partial charge in [-0.2, -0.15) is 0 Å². The summed E-state index contributed by atoms with van der Waals surface area (Å²) >= 11 is 0. The molecule has 8 heteroatoms. The lowest BCUT2D eigenvalue weighted by atomic mass is 10.1. The Labute approximate surface area is 141 Å². The SMILES string of the molecule is C=CCNc1cc(C(=O)NC2CCN(C(=O)OCC)CC2)ncn1. The smallest absolute Gasteiger partial charge is 0.409 e. The summed E-state index contributed by atoms with van der Waals surface area (Å²) < 4.78 is 4.98. The zero-order valence-corrected chi connectivity index (χ0v) is 13.8. The topological polar surface area (TPSA) is 96.5 Å². The molecule has 1 aromatic rings. The van der Waals surface area contributed by atoms with Gasteiger partial charge in [-0.1, -0.05) is 6.08 Å². The van der Waals surface area contributed by atoms with E-state index in [2.05, 4.69) is 27.2 Å². The quantitative estimate of drug-likeness (QED) is 0.765. The van der Waals surface area contributed by atoms with E-state index in [0.29, 0.717) is 50.6 Å². The molecule has 0 saturated carbocycles. The predicted molar refractivity (Wildman–Crippen MR) is 89.8 cm³/mol. The first-order chi connectivity index (χ1) is 11.6. The Hall–Kier alpha value is -2.64. The Balaban J connectivity index is 1.85. The Bertz CT molecular complexity index is 585. The van der Waals surface area contributed by atoms with Gasteiger partial charge in [0.2, 0.25) is 0 Å². The van der Waals surface area contributed by atoms with Crippen molar-refractivity contribution in [3.05, 3.63) is 30.7 Å². The van der Waals surface area contributed by atoms with Crippen LogP contribution in [0.2, 0.25) is 0 Å². The third-order valence-electron chi connectivity index (χ3n) is 3.68. The van der Waals surface area contributed by atoms with Crippen LogP contribution in [0.15, 0.2) is 25.0 Å². The molecular formula is C16H23N5O3. The van der Waals surface area contributed by atoms with Gasteiger partial charge in [0.25, 0.3) is 5.91 Å². The van der Waals surface area contributed by atoms with Crippen LogP contribution >= 0.6 is 0 Å². The maximum Gasteiger partial charge on any atom is 0.409 e. The average molecular weight is 333 g/mol. The summed E-state index contributed by atoms with van der Waals surface area (Å²) in [6, 6.07) is 1.62. The number of ether oxygens (including phenoxy) is 1. The second-order valence-corrected chi connectivity index (χ2v) is 5.39. The molecular weight excluding hydrogens is 310 g/mol. The highest BCUT2D eigenvalue weighted by Crippen LogP contribution is 2.12. The van der Waals surface area contributed by atoms with Gasteiger partial charge in [-0.05, 0) is 19.8 Å². The van der Waals surface area contributed by atoms with Gasteiger partial charge >= 0.3 is 6.09 Å². The summed E-state index contributed by atoms with van der Waals surface area (Å²) in [4.78, 5) is 33.7. The Morgan fingerprint density at radius 2 is 2.17 bits per heavy atom. The molecule has 0 aliphatic carbocycles. The van der Waals surface area contributed by atoms with Crippen LogP contribution in [0.5, 0.6) is 0 Å². The molecule has 2 N–H and O–H groups in total. The number of rotatable bonds is 6. The Morgan fingerprint density at radius 3 is 2.83 bits per heavy atom. The van der Waals surface area contributed by atoms with E-state index in [1.54, 1.807) is 24.0 Å². The molecule has 2 rings (SSSR count). The van der Waals surface area contributed by atoms with Crippen molar-refractivity contribution in [2.24, 2.45) is 0 Å². The third kappa shape index (κ3) is 4.94. The monoisotopic (exact) mass is 333 g/mol. The van der Waals surface area contributed by atoms with Gasteiger partial charge in [-0.3, -0.25) is 4.79 Å². The van der Waals surface area contributed by atoms with Crippen molar-refractivity contribution in [1.29, 1.82) is 0 Å². The fourth-order valence-corrected chi connectivity index (χ4v) is 2.44. The minimum atomic E-state index is -0.295. The molecule has 2 heterocycles. The van der Waals surface area contributed by atoms with E-state index < -0.39 is 0 Å². The van der Waals surface area contributed by atoms with Crippen LogP contribution < -0.4 is 10.6 Å². The van der Waals surface area contributed by atoms with Crippen LogP contribution in [0.1, 0.15) is 30.3 Å². The van der Waals surface area contributed by atoms with E-state index in [-0.39, 0.29) is 18.0 Å². The van der Waals surface area contributed by atoms with E-state index >= 15 is 0 Å².